The van der Waals surface area contributed by atoms with Gasteiger partial charge in [0.2, 0.25) is 5.91 Å². The molecule has 0 radical (unpaired) electrons. The van der Waals surface area contributed by atoms with Crippen LogP contribution < -0.4 is 10.1 Å². The van der Waals surface area contributed by atoms with Gasteiger partial charge in [-0.3, -0.25) is 9.36 Å². The number of thioether (sulfide) groups is 1. The number of carbonyl (C=O) groups is 2. The normalized spacial score (nSPS) is 12.8. The number of hydrogen-bond acceptors (Lipinski definition) is 8. The topological polar surface area (TPSA) is 95.3 Å². The van der Waals surface area contributed by atoms with Crippen LogP contribution in [0.25, 0.3) is 0 Å². The van der Waals surface area contributed by atoms with Crippen molar-refractivity contribution in [1.82, 2.24) is 14.8 Å². The van der Waals surface area contributed by atoms with Crippen molar-refractivity contribution in [2.75, 3.05) is 18.2 Å². The Bertz CT molecular complexity index is 1290. The zero-order chi connectivity index (χ0) is 26.6. The second kappa shape index (κ2) is 11.5. The number of anilines is 1. The number of aryl methyl sites for hydroxylation is 1. The highest BCUT2D eigenvalue weighted by atomic mass is 32.2. The molecule has 0 aliphatic heterocycles. The summed E-state index contributed by atoms with van der Waals surface area (Å²) >= 11 is 2.73. The number of amides is 1. The summed E-state index contributed by atoms with van der Waals surface area (Å²) in [6.07, 6.45) is 4.52. The molecule has 0 unspecified atom stereocenters. The summed E-state index contributed by atoms with van der Waals surface area (Å²) in [6.45, 7) is 11.1. The van der Waals surface area contributed by atoms with Crippen LogP contribution in [0.3, 0.4) is 0 Å². The first kappa shape index (κ1) is 26.9. The van der Waals surface area contributed by atoms with E-state index in [1.165, 1.54) is 35.8 Å². The number of nitrogens with zero attached hydrogens (tertiary/aromatic N) is 3. The molecule has 2 heterocycles. The number of thiophene rings is 1. The lowest BCUT2D eigenvalue weighted by atomic mass is 9.87. The molecule has 1 aliphatic carbocycles. The third-order valence-corrected chi connectivity index (χ3v) is 8.26. The highest BCUT2D eigenvalue weighted by Gasteiger charge is 2.28. The first-order valence-corrected chi connectivity index (χ1v) is 13.9. The van der Waals surface area contributed by atoms with Crippen LogP contribution in [-0.4, -0.2) is 39.5 Å². The van der Waals surface area contributed by atoms with E-state index in [4.69, 9.17) is 9.47 Å². The predicted octanol–water partition coefficient (Wildman–Crippen LogP) is 5.41. The van der Waals surface area contributed by atoms with Gasteiger partial charge < -0.3 is 14.8 Å². The van der Waals surface area contributed by atoms with Crippen molar-refractivity contribution >= 4 is 40.0 Å². The van der Waals surface area contributed by atoms with E-state index in [-0.39, 0.29) is 23.7 Å². The number of benzene rings is 1. The molecule has 0 atom stereocenters. The summed E-state index contributed by atoms with van der Waals surface area (Å²) in [6, 6.07) is 8.05. The minimum absolute atomic E-state index is 0.0749. The Hall–Kier alpha value is -3.11. The molecule has 37 heavy (non-hydrogen) atoms. The molecule has 0 saturated carbocycles. The van der Waals surface area contributed by atoms with Crippen LogP contribution in [0.1, 0.15) is 59.4 Å². The Kier molecular flexibility index (Phi) is 8.39. The zero-order valence-corrected chi connectivity index (χ0v) is 23.3. The number of nitrogens with one attached hydrogen (secondary N) is 1. The lowest BCUT2D eigenvalue weighted by Crippen LogP contribution is -2.17. The van der Waals surface area contributed by atoms with Crippen molar-refractivity contribution in [3.8, 4) is 5.75 Å². The van der Waals surface area contributed by atoms with Crippen LogP contribution in [0.5, 0.6) is 5.75 Å². The number of fused-ring (bicyclic) bond motifs is 1. The van der Waals surface area contributed by atoms with Gasteiger partial charge in [0.1, 0.15) is 17.4 Å². The first-order valence-electron chi connectivity index (χ1n) is 12.1. The van der Waals surface area contributed by atoms with E-state index >= 15 is 0 Å². The van der Waals surface area contributed by atoms with E-state index < -0.39 is 5.97 Å². The molecular weight excluding hydrogens is 508 g/mol. The highest BCUT2D eigenvalue weighted by molar-refractivity contribution is 7.99. The van der Waals surface area contributed by atoms with Gasteiger partial charge in [0.15, 0.2) is 11.0 Å². The van der Waals surface area contributed by atoms with Crippen molar-refractivity contribution in [2.45, 2.75) is 63.8 Å². The van der Waals surface area contributed by atoms with Crippen LogP contribution in [0.15, 0.2) is 42.1 Å². The maximum Gasteiger partial charge on any atom is 0.341 e. The fraction of sp³-hybridized carbons (Fsp3) is 0.407. The third-order valence-electron chi connectivity index (χ3n) is 6.09. The molecule has 0 spiro atoms. The van der Waals surface area contributed by atoms with Crippen molar-refractivity contribution in [3.05, 3.63) is 64.3 Å². The van der Waals surface area contributed by atoms with Crippen LogP contribution in [0, 0.1) is 0 Å². The number of carbonyl (C=O) groups excluding carboxylic acids is 2. The number of methoxy groups -OCH3 is 1. The second-order valence-electron chi connectivity index (χ2n) is 9.75. The molecule has 196 valence electrons. The molecule has 1 N–H and O–H groups in total. The summed E-state index contributed by atoms with van der Waals surface area (Å²) in [5.74, 6) is 0.878. The molecule has 1 aromatic carbocycles. The summed E-state index contributed by atoms with van der Waals surface area (Å²) in [5, 5.41) is 12.6. The van der Waals surface area contributed by atoms with E-state index in [0.717, 1.165) is 35.5 Å². The van der Waals surface area contributed by atoms with Crippen LogP contribution in [-0.2, 0) is 40.9 Å². The van der Waals surface area contributed by atoms with Crippen molar-refractivity contribution in [2.24, 2.45) is 0 Å². The Morgan fingerprint density at radius 2 is 1.97 bits per heavy atom. The third kappa shape index (κ3) is 6.24. The lowest BCUT2D eigenvalue weighted by Gasteiger charge is -2.19. The molecule has 1 amide bonds. The molecule has 8 nitrogen and oxygen atoms in total. The van der Waals surface area contributed by atoms with Gasteiger partial charge in [-0.1, -0.05) is 50.7 Å². The summed E-state index contributed by atoms with van der Waals surface area (Å²) in [4.78, 5) is 26.3. The number of aromatic nitrogens is 3. The maximum atomic E-state index is 12.8. The van der Waals surface area contributed by atoms with E-state index in [1.807, 2.05) is 16.7 Å². The molecule has 1 aliphatic rings. The largest absolute Gasteiger partial charge is 0.486 e. The van der Waals surface area contributed by atoms with Gasteiger partial charge >= 0.3 is 5.97 Å². The van der Waals surface area contributed by atoms with Crippen molar-refractivity contribution < 1.29 is 19.1 Å². The van der Waals surface area contributed by atoms with Crippen LogP contribution in [0.2, 0.25) is 0 Å². The first-order chi connectivity index (χ1) is 17.7. The van der Waals surface area contributed by atoms with Gasteiger partial charge in [-0.15, -0.1) is 28.1 Å². The fourth-order valence-corrected chi connectivity index (χ4v) is 6.21. The SMILES string of the molecule is C=CCn1c(COc2ccc(C(C)(C)C)cc2)nnc1SCC(=O)Nc1sc2c(c1C(=O)OC)CCC2. The van der Waals surface area contributed by atoms with E-state index in [0.29, 0.717) is 28.1 Å². The van der Waals surface area contributed by atoms with Gasteiger partial charge in [0.25, 0.3) is 0 Å². The van der Waals surface area contributed by atoms with E-state index in [1.54, 1.807) is 6.08 Å². The summed E-state index contributed by atoms with van der Waals surface area (Å²) in [7, 11) is 1.36. The monoisotopic (exact) mass is 540 g/mol. The maximum absolute atomic E-state index is 12.8. The summed E-state index contributed by atoms with van der Waals surface area (Å²) in [5.41, 5.74) is 2.80. The average Bonchev–Trinajstić information content (AvgIpc) is 3.56. The number of allylic oxidation sites excluding steroid dienone is 1. The Balaban J connectivity index is 1.39. The molecule has 3 aromatic rings. The molecule has 10 heteroatoms. The van der Waals surface area contributed by atoms with Gasteiger partial charge in [0, 0.05) is 11.4 Å². The van der Waals surface area contributed by atoms with Crippen molar-refractivity contribution in [3.63, 3.8) is 0 Å². The van der Waals surface area contributed by atoms with Gasteiger partial charge in [0.05, 0.1) is 18.4 Å². The number of rotatable bonds is 10. The van der Waals surface area contributed by atoms with Gasteiger partial charge in [-0.05, 0) is 47.9 Å². The van der Waals surface area contributed by atoms with Gasteiger partial charge in [-0.25, -0.2) is 4.79 Å². The molecule has 4 rings (SSSR count). The van der Waals surface area contributed by atoms with Crippen LogP contribution >= 0.6 is 23.1 Å². The minimum Gasteiger partial charge on any atom is -0.486 e. The van der Waals surface area contributed by atoms with Crippen LogP contribution in [0.4, 0.5) is 5.00 Å². The lowest BCUT2D eigenvalue weighted by molar-refractivity contribution is -0.113. The second-order valence-corrected chi connectivity index (χ2v) is 11.8. The van der Waals surface area contributed by atoms with Gasteiger partial charge in [-0.2, -0.15) is 0 Å². The predicted molar refractivity (Wildman–Crippen MR) is 147 cm³/mol. The highest BCUT2D eigenvalue weighted by Crippen LogP contribution is 2.39. The molecular formula is C27H32N4O4S2. The Morgan fingerprint density at radius 1 is 1.22 bits per heavy atom. The van der Waals surface area contributed by atoms with Crippen molar-refractivity contribution in [1.29, 1.82) is 0 Å². The average molecular weight is 541 g/mol. The fourth-order valence-electron chi connectivity index (χ4n) is 4.15. The minimum atomic E-state index is -0.411. The summed E-state index contributed by atoms with van der Waals surface area (Å²) < 4.78 is 12.8. The molecule has 0 fully saturated rings. The number of esters is 1. The Morgan fingerprint density at radius 3 is 2.65 bits per heavy atom. The van der Waals surface area contributed by atoms with E-state index in [9.17, 15) is 9.59 Å². The van der Waals surface area contributed by atoms with E-state index in [2.05, 4.69) is 55.0 Å². The standard InChI is InChI=1S/C27H32N4O4S2/c1-6-14-31-21(15-35-18-12-10-17(11-13-18)27(2,3)4)29-30-26(31)36-16-22(32)28-24-23(25(33)34-5)19-8-7-9-20(19)37-24/h6,10-13H,1,7-9,14-16H2,2-5H3,(H,28,32). The molecule has 0 bridgehead atoms. The quantitative estimate of drug-likeness (QED) is 0.209. The number of hydrogen-bond donors (Lipinski definition) is 1. The molecule has 0 saturated heterocycles. The Labute approximate surface area is 225 Å². The zero-order valence-electron chi connectivity index (χ0n) is 21.6. The molecule has 2 aromatic heterocycles. The smallest absolute Gasteiger partial charge is 0.341 e. The number of ether oxygens (including phenoxy) is 2.